The first-order valence-corrected chi connectivity index (χ1v) is 4.56. The van der Waals surface area contributed by atoms with E-state index < -0.39 is 18.1 Å². The van der Waals surface area contributed by atoms with Gasteiger partial charge >= 0.3 is 12.1 Å². The Morgan fingerprint density at radius 3 is 2.64 bits per heavy atom. The molecule has 2 bridgehead atoms. The molecule has 2 aliphatic heterocycles. The number of carboxylic acid groups (broad SMARTS) is 2. The summed E-state index contributed by atoms with van der Waals surface area (Å²) in [6, 6.07) is -0.440. The highest BCUT2D eigenvalue weighted by Crippen LogP contribution is 2.35. The molecule has 14 heavy (non-hydrogen) atoms. The van der Waals surface area contributed by atoms with Crippen LogP contribution in [0.4, 0.5) is 4.79 Å². The van der Waals surface area contributed by atoms with E-state index in [2.05, 4.69) is 0 Å². The minimum absolute atomic E-state index is 0.0133. The summed E-state index contributed by atoms with van der Waals surface area (Å²) in [5.41, 5.74) is 0.237. The van der Waals surface area contributed by atoms with Crippen molar-refractivity contribution >= 4 is 12.1 Å². The van der Waals surface area contributed by atoms with E-state index in [0.717, 1.165) is 6.42 Å². The standard InChI is InChI=1S/C9H11NO4/c11-8(12)6-3-1-5-2-4-7(6)10(5)9(13)14/h3,5,7H,1-2,4H2,(H,11,12)(H,13,14). The van der Waals surface area contributed by atoms with Gasteiger partial charge in [-0.1, -0.05) is 6.08 Å². The summed E-state index contributed by atoms with van der Waals surface area (Å²) in [7, 11) is 0. The molecule has 0 aromatic rings. The van der Waals surface area contributed by atoms with Crippen molar-refractivity contribution in [1.29, 1.82) is 0 Å². The summed E-state index contributed by atoms with van der Waals surface area (Å²) in [4.78, 5) is 23.0. The van der Waals surface area contributed by atoms with Gasteiger partial charge < -0.3 is 10.2 Å². The maximum absolute atomic E-state index is 10.9. The van der Waals surface area contributed by atoms with Crippen LogP contribution in [0.1, 0.15) is 19.3 Å². The fourth-order valence-corrected chi connectivity index (χ4v) is 2.34. The Hall–Kier alpha value is -1.52. The molecule has 1 fully saturated rings. The van der Waals surface area contributed by atoms with Gasteiger partial charge in [-0.2, -0.15) is 0 Å². The van der Waals surface area contributed by atoms with Gasteiger partial charge in [0.15, 0.2) is 0 Å². The molecule has 0 aromatic heterocycles. The molecule has 0 aromatic carbocycles. The lowest BCUT2D eigenvalue weighted by Crippen LogP contribution is -2.44. The van der Waals surface area contributed by atoms with Crippen molar-refractivity contribution in [3.63, 3.8) is 0 Å². The highest BCUT2D eigenvalue weighted by molar-refractivity contribution is 5.89. The van der Waals surface area contributed by atoms with Gasteiger partial charge in [-0.15, -0.1) is 0 Å². The number of rotatable bonds is 1. The van der Waals surface area contributed by atoms with Gasteiger partial charge in [0.05, 0.1) is 11.6 Å². The molecule has 2 aliphatic rings. The van der Waals surface area contributed by atoms with E-state index in [1.807, 2.05) is 0 Å². The van der Waals surface area contributed by atoms with Gasteiger partial charge in [-0.25, -0.2) is 9.59 Å². The Balaban J connectivity index is 2.31. The summed E-state index contributed by atoms with van der Waals surface area (Å²) in [6.07, 6.45) is 2.58. The Kier molecular flexibility index (Phi) is 1.94. The third-order valence-corrected chi connectivity index (χ3v) is 2.94. The number of hydrogen-bond donors (Lipinski definition) is 2. The number of carboxylic acids is 1. The van der Waals surface area contributed by atoms with Crippen LogP contribution in [0, 0.1) is 0 Å². The minimum atomic E-state index is -1.01. The number of hydrogen-bond acceptors (Lipinski definition) is 2. The monoisotopic (exact) mass is 197 g/mol. The molecule has 0 aliphatic carbocycles. The fourth-order valence-electron chi connectivity index (χ4n) is 2.34. The zero-order valence-corrected chi connectivity index (χ0v) is 7.51. The summed E-state index contributed by atoms with van der Waals surface area (Å²) in [5, 5.41) is 17.8. The molecule has 0 spiro atoms. The third kappa shape index (κ3) is 1.16. The normalized spacial score (nSPS) is 30.0. The van der Waals surface area contributed by atoms with Crippen molar-refractivity contribution in [2.75, 3.05) is 0 Å². The van der Waals surface area contributed by atoms with Gasteiger partial charge in [0.25, 0.3) is 0 Å². The molecule has 2 rings (SSSR count). The Morgan fingerprint density at radius 1 is 1.36 bits per heavy atom. The van der Waals surface area contributed by atoms with E-state index in [1.165, 1.54) is 4.90 Å². The van der Waals surface area contributed by atoms with Gasteiger partial charge in [0.2, 0.25) is 0 Å². The molecule has 76 valence electrons. The van der Waals surface area contributed by atoms with Gasteiger partial charge in [-0.3, -0.25) is 4.90 Å². The largest absolute Gasteiger partial charge is 0.478 e. The van der Waals surface area contributed by atoms with Crippen molar-refractivity contribution in [3.05, 3.63) is 11.6 Å². The predicted octanol–water partition coefficient (Wildman–Crippen LogP) is 0.912. The van der Waals surface area contributed by atoms with Crippen molar-refractivity contribution in [2.24, 2.45) is 0 Å². The molecule has 0 radical (unpaired) electrons. The second kappa shape index (κ2) is 3.01. The molecule has 1 saturated heterocycles. The molecule has 5 nitrogen and oxygen atoms in total. The Morgan fingerprint density at radius 2 is 2.07 bits per heavy atom. The second-order valence-corrected chi connectivity index (χ2v) is 3.64. The molecule has 1 amide bonds. The van der Waals surface area contributed by atoms with Gasteiger partial charge in [0, 0.05) is 6.04 Å². The van der Waals surface area contributed by atoms with E-state index in [0.29, 0.717) is 12.8 Å². The number of fused-ring (bicyclic) bond motifs is 2. The molecule has 0 saturated carbocycles. The first-order chi connectivity index (χ1) is 6.61. The zero-order valence-electron chi connectivity index (χ0n) is 7.51. The van der Waals surface area contributed by atoms with Crippen LogP contribution in [0.5, 0.6) is 0 Å². The molecular formula is C9H11NO4. The summed E-state index contributed by atoms with van der Waals surface area (Å²) in [6.45, 7) is 0. The number of amides is 1. The molecule has 2 atom stereocenters. The third-order valence-electron chi connectivity index (χ3n) is 2.94. The molecule has 5 heteroatoms. The lowest BCUT2D eigenvalue weighted by atomic mass is 10.0. The summed E-state index contributed by atoms with van der Waals surface area (Å²) < 4.78 is 0. The molecule has 2 N–H and O–H groups in total. The van der Waals surface area contributed by atoms with E-state index in [4.69, 9.17) is 10.2 Å². The number of carbonyl (C=O) groups is 2. The van der Waals surface area contributed by atoms with E-state index >= 15 is 0 Å². The maximum Gasteiger partial charge on any atom is 0.408 e. The predicted molar refractivity (Wildman–Crippen MR) is 47.0 cm³/mol. The highest BCUT2D eigenvalue weighted by Gasteiger charge is 2.43. The fraction of sp³-hybridized carbons (Fsp3) is 0.556. The Labute approximate surface area is 80.6 Å². The smallest absolute Gasteiger partial charge is 0.408 e. The van der Waals surface area contributed by atoms with Crippen LogP contribution in [0.3, 0.4) is 0 Å². The highest BCUT2D eigenvalue weighted by atomic mass is 16.4. The van der Waals surface area contributed by atoms with Crippen LogP contribution in [-0.4, -0.2) is 39.3 Å². The number of nitrogens with zero attached hydrogens (tertiary/aromatic N) is 1. The van der Waals surface area contributed by atoms with Crippen molar-refractivity contribution in [1.82, 2.24) is 4.90 Å². The lowest BCUT2D eigenvalue weighted by molar-refractivity contribution is -0.133. The van der Waals surface area contributed by atoms with Crippen LogP contribution in [0.2, 0.25) is 0 Å². The molecular weight excluding hydrogens is 186 g/mol. The van der Waals surface area contributed by atoms with Crippen LogP contribution in [-0.2, 0) is 4.79 Å². The maximum atomic E-state index is 10.9. The van der Waals surface area contributed by atoms with Crippen molar-refractivity contribution < 1.29 is 19.8 Å². The average Bonchev–Trinajstić information content (AvgIpc) is 2.40. The minimum Gasteiger partial charge on any atom is -0.478 e. The first kappa shape index (κ1) is 9.05. The lowest BCUT2D eigenvalue weighted by Gasteiger charge is -2.31. The molecule has 2 unspecified atom stereocenters. The molecule has 2 heterocycles. The quantitative estimate of drug-likeness (QED) is 0.655. The average molecular weight is 197 g/mol. The summed E-state index contributed by atoms with van der Waals surface area (Å²) >= 11 is 0. The van der Waals surface area contributed by atoms with E-state index in [1.54, 1.807) is 6.08 Å². The SMILES string of the molecule is O=C(O)C1=CCC2CCC1N2C(=O)O. The van der Waals surface area contributed by atoms with Gasteiger partial charge in [0.1, 0.15) is 0 Å². The number of aliphatic carboxylic acids is 1. The van der Waals surface area contributed by atoms with Crippen molar-refractivity contribution in [2.45, 2.75) is 31.3 Å². The second-order valence-electron chi connectivity index (χ2n) is 3.64. The Bertz CT molecular complexity index is 323. The van der Waals surface area contributed by atoms with Crippen LogP contribution in [0.15, 0.2) is 11.6 Å². The van der Waals surface area contributed by atoms with Crippen LogP contribution < -0.4 is 0 Å². The van der Waals surface area contributed by atoms with Crippen LogP contribution in [0.25, 0.3) is 0 Å². The van der Waals surface area contributed by atoms with Gasteiger partial charge in [-0.05, 0) is 19.3 Å². The summed E-state index contributed by atoms with van der Waals surface area (Å²) in [5.74, 6) is -0.999. The van der Waals surface area contributed by atoms with Crippen molar-refractivity contribution in [3.8, 4) is 0 Å². The van der Waals surface area contributed by atoms with E-state index in [-0.39, 0.29) is 11.6 Å². The topological polar surface area (TPSA) is 77.8 Å². The first-order valence-electron chi connectivity index (χ1n) is 4.56. The van der Waals surface area contributed by atoms with Crippen LogP contribution >= 0.6 is 0 Å². The van der Waals surface area contributed by atoms with E-state index in [9.17, 15) is 9.59 Å². The zero-order chi connectivity index (χ0) is 10.3.